The number of aliphatic hydroxyl groups is 1. The average molecular weight is 248 g/mol. The summed E-state index contributed by atoms with van der Waals surface area (Å²) in [5.41, 5.74) is 0.563. The van der Waals surface area contributed by atoms with E-state index in [0.29, 0.717) is 12.0 Å². The molecule has 2 aliphatic rings. The Morgan fingerprint density at radius 3 is 2.78 bits per heavy atom. The molecular formula is C15H24N2O. The van der Waals surface area contributed by atoms with Crippen molar-refractivity contribution in [2.75, 3.05) is 0 Å². The van der Waals surface area contributed by atoms with Crippen LogP contribution < -0.4 is 0 Å². The molecule has 0 aromatic carbocycles. The van der Waals surface area contributed by atoms with Crippen LogP contribution in [0.3, 0.4) is 0 Å². The molecule has 0 saturated heterocycles. The maximum atomic E-state index is 10.6. The molecule has 1 N–H and O–H groups in total. The first kappa shape index (κ1) is 12.2. The second-order valence-electron chi connectivity index (χ2n) is 6.30. The van der Waals surface area contributed by atoms with Crippen molar-refractivity contribution in [1.82, 2.24) is 9.78 Å². The van der Waals surface area contributed by atoms with Crippen molar-refractivity contribution in [2.45, 2.75) is 69.9 Å². The largest absolute Gasteiger partial charge is 0.389 e. The lowest BCUT2D eigenvalue weighted by atomic mass is 9.88. The Bertz CT molecular complexity index is 408. The lowest BCUT2D eigenvalue weighted by Crippen LogP contribution is -2.34. The predicted molar refractivity (Wildman–Crippen MR) is 71.4 cm³/mol. The fourth-order valence-electron chi connectivity index (χ4n) is 3.65. The number of rotatable bonds is 3. The molecule has 0 bridgehead atoms. The lowest BCUT2D eigenvalue weighted by molar-refractivity contribution is 0.00857. The van der Waals surface area contributed by atoms with Crippen molar-refractivity contribution >= 4 is 0 Å². The van der Waals surface area contributed by atoms with Crippen LogP contribution in [0.25, 0.3) is 0 Å². The molecule has 3 rings (SSSR count). The van der Waals surface area contributed by atoms with E-state index < -0.39 is 5.60 Å². The molecule has 0 aliphatic heterocycles. The average Bonchev–Trinajstić information content (AvgIpc) is 3.02. The van der Waals surface area contributed by atoms with Crippen LogP contribution in [0.4, 0.5) is 0 Å². The van der Waals surface area contributed by atoms with E-state index in [1.807, 2.05) is 0 Å². The summed E-state index contributed by atoms with van der Waals surface area (Å²) < 4.78 is 2.13. The van der Waals surface area contributed by atoms with Gasteiger partial charge in [-0.25, -0.2) is 0 Å². The van der Waals surface area contributed by atoms with Crippen LogP contribution >= 0.6 is 0 Å². The molecule has 2 fully saturated rings. The van der Waals surface area contributed by atoms with Gasteiger partial charge in [0.2, 0.25) is 0 Å². The van der Waals surface area contributed by atoms with Gasteiger partial charge in [0.1, 0.15) is 0 Å². The number of hydrogen-bond acceptors (Lipinski definition) is 2. The van der Waals surface area contributed by atoms with Crippen LogP contribution in [0.1, 0.15) is 63.6 Å². The molecule has 1 aromatic heterocycles. The van der Waals surface area contributed by atoms with Crippen molar-refractivity contribution in [3.05, 3.63) is 18.0 Å². The van der Waals surface area contributed by atoms with Crippen molar-refractivity contribution < 1.29 is 5.11 Å². The summed E-state index contributed by atoms with van der Waals surface area (Å²) in [7, 11) is 0. The number of nitrogens with zero attached hydrogens (tertiary/aromatic N) is 2. The molecule has 1 heterocycles. The summed E-state index contributed by atoms with van der Waals surface area (Å²) in [5, 5.41) is 15.3. The van der Waals surface area contributed by atoms with Crippen LogP contribution in [0.15, 0.2) is 12.3 Å². The number of hydrogen-bond donors (Lipinski definition) is 1. The van der Waals surface area contributed by atoms with Crippen molar-refractivity contribution in [3.8, 4) is 0 Å². The zero-order valence-corrected chi connectivity index (χ0v) is 11.3. The maximum Gasteiger partial charge on any atom is 0.0729 e. The highest BCUT2D eigenvalue weighted by atomic mass is 16.3. The van der Waals surface area contributed by atoms with Gasteiger partial charge >= 0.3 is 0 Å². The summed E-state index contributed by atoms with van der Waals surface area (Å²) >= 11 is 0. The molecule has 100 valence electrons. The van der Waals surface area contributed by atoms with Crippen LogP contribution in [0.2, 0.25) is 0 Å². The topological polar surface area (TPSA) is 38.0 Å². The fraction of sp³-hybridized carbons (Fsp3) is 0.800. The van der Waals surface area contributed by atoms with E-state index in [0.717, 1.165) is 31.4 Å². The highest BCUT2D eigenvalue weighted by molar-refractivity contribution is 5.07. The van der Waals surface area contributed by atoms with E-state index in [1.54, 1.807) is 0 Å². The van der Waals surface area contributed by atoms with E-state index in [1.165, 1.54) is 25.7 Å². The van der Waals surface area contributed by atoms with Gasteiger partial charge in [-0.1, -0.05) is 26.2 Å². The Labute approximate surface area is 109 Å². The van der Waals surface area contributed by atoms with Gasteiger partial charge < -0.3 is 5.11 Å². The third kappa shape index (κ3) is 2.20. The molecule has 0 radical (unpaired) electrons. The summed E-state index contributed by atoms with van der Waals surface area (Å²) in [6, 6.07) is 2.70. The lowest BCUT2D eigenvalue weighted by Gasteiger charge is -2.26. The molecule has 3 nitrogen and oxygen atoms in total. The van der Waals surface area contributed by atoms with E-state index >= 15 is 0 Å². The van der Waals surface area contributed by atoms with Crippen molar-refractivity contribution in [1.29, 1.82) is 0 Å². The first-order chi connectivity index (χ1) is 8.67. The first-order valence-electron chi connectivity index (χ1n) is 7.44. The third-order valence-corrected chi connectivity index (χ3v) is 5.01. The molecular weight excluding hydrogens is 224 g/mol. The second kappa shape index (κ2) is 4.69. The fourth-order valence-corrected chi connectivity index (χ4v) is 3.65. The molecule has 2 aliphatic carbocycles. The Morgan fingerprint density at radius 1 is 1.33 bits per heavy atom. The predicted octanol–water partition coefficient (Wildman–Crippen LogP) is 3.09. The van der Waals surface area contributed by atoms with Gasteiger partial charge in [0.25, 0.3) is 0 Å². The van der Waals surface area contributed by atoms with Gasteiger partial charge in [0.15, 0.2) is 0 Å². The second-order valence-corrected chi connectivity index (χ2v) is 6.30. The highest BCUT2D eigenvalue weighted by Gasteiger charge is 2.38. The standard InChI is InChI=1S/C15H24N2O/c1-12-5-4-9-15(12,18)11-13-8-10-17(16-13)14-6-2-3-7-14/h8,10,12,14,18H,2-7,9,11H2,1H3. The van der Waals surface area contributed by atoms with Gasteiger partial charge in [0.05, 0.1) is 17.3 Å². The zero-order chi connectivity index (χ0) is 12.6. The Morgan fingerprint density at radius 2 is 2.11 bits per heavy atom. The Kier molecular flexibility index (Phi) is 3.18. The molecule has 0 amide bonds. The SMILES string of the molecule is CC1CCCC1(O)Cc1ccn(C2CCCC2)n1. The van der Waals surface area contributed by atoms with E-state index in [4.69, 9.17) is 5.10 Å². The van der Waals surface area contributed by atoms with E-state index in [9.17, 15) is 5.11 Å². The number of aromatic nitrogens is 2. The first-order valence-corrected chi connectivity index (χ1v) is 7.44. The normalized spacial score (nSPS) is 33.3. The minimum absolute atomic E-state index is 0.411. The Balaban J connectivity index is 1.69. The van der Waals surface area contributed by atoms with Gasteiger partial charge in [-0.3, -0.25) is 4.68 Å². The minimum Gasteiger partial charge on any atom is -0.389 e. The summed E-state index contributed by atoms with van der Waals surface area (Å²) in [5.74, 6) is 0.411. The van der Waals surface area contributed by atoms with Crippen molar-refractivity contribution in [2.24, 2.45) is 5.92 Å². The minimum atomic E-state index is -0.505. The van der Waals surface area contributed by atoms with E-state index in [-0.39, 0.29) is 0 Å². The Hall–Kier alpha value is -0.830. The zero-order valence-electron chi connectivity index (χ0n) is 11.3. The maximum absolute atomic E-state index is 10.6. The monoisotopic (exact) mass is 248 g/mol. The van der Waals surface area contributed by atoms with Gasteiger partial charge in [-0.15, -0.1) is 0 Å². The summed E-state index contributed by atoms with van der Waals surface area (Å²) in [6.07, 6.45) is 11.3. The smallest absolute Gasteiger partial charge is 0.0729 e. The summed E-state index contributed by atoms with van der Waals surface area (Å²) in [6.45, 7) is 2.17. The molecule has 2 unspecified atom stereocenters. The van der Waals surface area contributed by atoms with Gasteiger partial charge in [-0.2, -0.15) is 5.10 Å². The molecule has 2 atom stereocenters. The van der Waals surface area contributed by atoms with Crippen LogP contribution in [-0.2, 0) is 6.42 Å². The molecule has 1 aromatic rings. The summed E-state index contributed by atoms with van der Waals surface area (Å²) in [4.78, 5) is 0. The van der Waals surface area contributed by atoms with Gasteiger partial charge in [-0.05, 0) is 37.7 Å². The molecule has 3 heteroatoms. The van der Waals surface area contributed by atoms with Crippen LogP contribution in [0.5, 0.6) is 0 Å². The van der Waals surface area contributed by atoms with Crippen molar-refractivity contribution in [3.63, 3.8) is 0 Å². The molecule has 2 saturated carbocycles. The van der Waals surface area contributed by atoms with Gasteiger partial charge in [0, 0.05) is 12.6 Å². The third-order valence-electron chi connectivity index (χ3n) is 5.01. The van der Waals surface area contributed by atoms with Crippen LogP contribution in [-0.4, -0.2) is 20.5 Å². The molecule has 0 spiro atoms. The molecule has 18 heavy (non-hydrogen) atoms. The van der Waals surface area contributed by atoms with E-state index in [2.05, 4.69) is 23.9 Å². The van der Waals surface area contributed by atoms with Crippen LogP contribution in [0, 0.1) is 5.92 Å². The highest BCUT2D eigenvalue weighted by Crippen LogP contribution is 2.37. The quantitative estimate of drug-likeness (QED) is 0.892.